The van der Waals surface area contributed by atoms with Crippen molar-refractivity contribution in [3.8, 4) is 0 Å². The molecule has 2 aliphatic rings. The smallest absolute Gasteiger partial charge is 0.316 e. The summed E-state index contributed by atoms with van der Waals surface area (Å²) < 4.78 is 5.70. The molecule has 3 atom stereocenters. The summed E-state index contributed by atoms with van der Waals surface area (Å²) in [4.78, 5) is 11.5. The first-order valence-electron chi connectivity index (χ1n) is 6.51. The third-order valence-corrected chi connectivity index (χ3v) is 7.42. The monoisotopic (exact) mass is 250 g/mol. The van der Waals surface area contributed by atoms with E-state index < -0.39 is 8.32 Å². The molecular weight excluding hydrogens is 228 g/mol. The maximum atomic E-state index is 11.5. The van der Waals surface area contributed by atoms with Crippen molar-refractivity contribution in [3.05, 3.63) is 24.3 Å². The van der Waals surface area contributed by atoms with Gasteiger partial charge in [0.25, 0.3) is 8.32 Å². The second kappa shape index (κ2) is 4.45. The second-order valence-corrected chi connectivity index (χ2v) is 9.80. The number of allylic oxidation sites excluding steroid dienone is 2. The molecule has 2 aliphatic carbocycles. The van der Waals surface area contributed by atoms with Crippen LogP contribution in [-0.4, -0.2) is 14.3 Å². The van der Waals surface area contributed by atoms with Gasteiger partial charge in [0.2, 0.25) is 0 Å². The van der Waals surface area contributed by atoms with Gasteiger partial charge in [0.15, 0.2) is 0 Å². The van der Waals surface area contributed by atoms with Crippen molar-refractivity contribution >= 4 is 14.3 Å². The summed E-state index contributed by atoms with van der Waals surface area (Å²) in [5, 5.41) is 0. The van der Waals surface area contributed by atoms with Gasteiger partial charge in [0.1, 0.15) is 0 Å². The molecule has 0 aromatic heterocycles. The Morgan fingerprint density at radius 1 is 1.47 bits per heavy atom. The molecule has 0 aliphatic heterocycles. The molecule has 0 aromatic carbocycles. The van der Waals surface area contributed by atoms with Gasteiger partial charge < -0.3 is 4.43 Å². The predicted molar refractivity (Wildman–Crippen MR) is 72.1 cm³/mol. The Morgan fingerprint density at radius 2 is 2.18 bits per heavy atom. The number of carbonyl (C=O) groups is 1. The molecule has 2 rings (SSSR count). The van der Waals surface area contributed by atoms with Crippen LogP contribution < -0.4 is 0 Å². The van der Waals surface area contributed by atoms with E-state index in [1.165, 1.54) is 25.3 Å². The first-order chi connectivity index (χ1) is 7.99. The van der Waals surface area contributed by atoms with E-state index in [-0.39, 0.29) is 5.97 Å². The number of fused-ring (bicyclic) bond motifs is 2. The van der Waals surface area contributed by atoms with E-state index in [2.05, 4.69) is 32.7 Å². The fraction of sp³-hybridized carbons (Fsp3) is 0.643. The van der Waals surface area contributed by atoms with Crippen LogP contribution in [-0.2, 0) is 9.22 Å². The Hall–Kier alpha value is -0.833. The molecule has 2 fully saturated rings. The van der Waals surface area contributed by atoms with Gasteiger partial charge in [-0.2, -0.15) is 0 Å². The third kappa shape index (κ3) is 2.13. The summed E-state index contributed by atoms with van der Waals surface area (Å²) in [6, 6.07) is 0. The summed E-state index contributed by atoms with van der Waals surface area (Å²) >= 11 is 0. The molecule has 0 saturated heterocycles. The summed E-state index contributed by atoms with van der Waals surface area (Å²) in [5.74, 6) is 1.27. The molecule has 0 amide bonds. The van der Waals surface area contributed by atoms with Gasteiger partial charge in [-0.3, -0.25) is 0 Å². The van der Waals surface area contributed by atoms with E-state index in [9.17, 15) is 4.79 Å². The highest BCUT2D eigenvalue weighted by Gasteiger charge is 2.52. The van der Waals surface area contributed by atoms with Crippen molar-refractivity contribution in [2.45, 2.75) is 44.8 Å². The van der Waals surface area contributed by atoms with Crippen LogP contribution in [0.3, 0.4) is 0 Å². The Balaban J connectivity index is 2.21. The van der Waals surface area contributed by atoms with Crippen LogP contribution in [0.25, 0.3) is 0 Å². The molecule has 2 saturated carbocycles. The molecule has 94 valence electrons. The summed E-state index contributed by atoms with van der Waals surface area (Å²) in [5.41, 5.74) is 2.10. The fourth-order valence-corrected chi connectivity index (χ4v) is 7.27. The lowest BCUT2D eigenvalue weighted by molar-refractivity contribution is -0.129. The highest BCUT2D eigenvalue weighted by atomic mass is 28.4. The Morgan fingerprint density at radius 3 is 2.76 bits per heavy atom. The van der Waals surface area contributed by atoms with Gasteiger partial charge in [0.05, 0.1) is 0 Å². The van der Waals surface area contributed by atoms with Gasteiger partial charge in [-0.1, -0.05) is 18.2 Å². The lowest BCUT2D eigenvalue weighted by Crippen LogP contribution is -2.41. The maximum absolute atomic E-state index is 11.5. The third-order valence-electron chi connectivity index (χ3n) is 4.39. The van der Waals surface area contributed by atoms with Crippen molar-refractivity contribution in [2.75, 3.05) is 0 Å². The second-order valence-electron chi connectivity index (χ2n) is 5.77. The van der Waals surface area contributed by atoms with E-state index in [1.807, 2.05) is 0 Å². The van der Waals surface area contributed by atoms with Gasteiger partial charge in [0, 0.05) is 11.6 Å². The maximum Gasteiger partial charge on any atom is 0.316 e. The molecule has 2 bridgehead atoms. The molecule has 2 nitrogen and oxygen atoms in total. The van der Waals surface area contributed by atoms with Crippen LogP contribution in [0.1, 0.15) is 26.2 Å². The van der Waals surface area contributed by atoms with Gasteiger partial charge in [-0.05, 0) is 51.1 Å². The molecular formula is C14H22O2Si. The standard InChI is InChI=1S/C14H22O2Si/c1-5-12-10-7-8-11(9-10)14(12)17(3,4)16-13(15)6-2/h5-6,10-11,14H,2,7-9H2,1,3-4H3. The van der Waals surface area contributed by atoms with Gasteiger partial charge >= 0.3 is 5.97 Å². The van der Waals surface area contributed by atoms with Crippen molar-refractivity contribution in [1.82, 2.24) is 0 Å². The molecule has 0 spiro atoms. The highest BCUT2D eigenvalue weighted by Crippen LogP contribution is 2.58. The van der Waals surface area contributed by atoms with Crippen molar-refractivity contribution in [2.24, 2.45) is 11.8 Å². The Labute approximate surface area is 105 Å². The predicted octanol–water partition coefficient (Wildman–Crippen LogP) is 3.67. The summed E-state index contributed by atoms with van der Waals surface area (Å²) in [6.45, 7) is 9.96. The van der Waals surface area contributed by atoms with E-state index in [0.29, 0.717) is 5.54 Å². The van der Waals surface area contributed by atoms with Crippen molar-refractivity contribution < 1.29 is 9.22 Å². The van der Waals surface area contributed by atoms with Gasteiger partial charge in [-0.15, -0.1) is 0 Å². The first kappa shape index (κ1) is 12.6. The number of rotatable bonds is 3. The van der Waals surface area contributed by atoms with Crippen LogP contribution in [0.5, 0.6) is 0 Å². The first-order valence-corrected chi connectivity index (χ1v) is 9.49. The number of carbonyl (C=O) groups excluding carboxylic acids is 1. The largest absolute Gasteiger partial charge is 0.516 e. The fourth-order valence-electron chi connectivity index (χ4n) is 3.90. The SMILES string of the molecule is C=CC(=O)O[Si](C)(C)C1C(=CC)C2CCC1C2. The van der Waals surface area contributed by atoms with E-state index in [0.717, 1.165) is 11.8 Å². The minimum atomic E-state index is -1.98. The van der Waals surface area contributed by atoms with Crippen LogP contribution in [0.2, 0.25) is 18.6 Å². The van der Waals surface area contributed by atoms with Crippen LogP contribution >= 0.6 is 0 Å². The van der Waals surface area contributed by atoms with Crippen LogP contribution in [0.4, 0.5) is 0 Å². The molecule has 0 heterocycles. The normalized spacial score (nSPS) is 34.1. The zero-order valence-electron chi connectivity index (χ0n) is 11.0. The van der Waals surface area contributed by atoms with Gasteiger partial charge in [-0.25, -0.2) is 4.79 Å². The quantitative estimate of drug-likeness (QED) is 0.434. The van der Waals surface area contributed by atoms with E-state index >= 15 is 0 Å². The highest BCUT2D eigenvalue weighted by molar-refractivity contribution is 6.75. The molecule has 0 aromatic rings. The Kier molecular flexibility index (Phi) is 3.30. The van der Waals surface area contributed by atoms with Crippen molar-refractivity contribution in [1.29, 1.82) is 0 Å². The molecule has 0 N–H and O–H groups in total. The summed E-state index contributed by atoms with van der Waals surface area (Å²) in [7, 11) is -1.98. The molecule has 3 unspecified atom stereocenters. The average Bonchev–Trinajstić information content (AvgIpc) is 2.87. The van der Waals surface area contributed by atoms with Crippen molar-refractivity contribution in [3.63, 3.8) is 0 Å². The van der Waals surface area contributed by atoms with E-state index in [1.54, 1.807) is 5.57 Å². The minimum Gasteiger partial charge on any atom is -0.516 e. The van der Waals surface area contributed by atoms with E-state index in [4.69, 9.17) is 4.43 Å². The number of hydrogen-bond donors (Lipinski definition) is 0. The average molecular weight is 250 g/mol. The zero-order chi connectivity index (χ0) is 12.6. The lowest BCUT2D eigenvalue weighted by atomic mass is 9.94. The Bertz CT molecular complexity index is 370. The van der Waals surface area contributed by atoms with Crippen LogP contribution in [0, 0.1) is 11.8 Å². The lowest BCUT2D eigenvalue weighted by Gasteiger charge is -2.36. The molecule has 0 radical (unpaired) electrons. The topological polar surface area (TPSA) is 26.3 Å². The molecule has 17 heavy (non-hydrogen) atoms. The minimum absolute atomic E-state index is 0.250. The summed E-state index contributed by atoms with van der Waals surface area (Å²) in [6.07, 6.45) is 7.52. The molecule has 3 heteroatoms. The number of hydrogen-bond acceptors (Lipinski definition) is 2. The van der Waals surface area contributed by atoms with Crippen LogP contribution in [0.15, 0.2) is 24.3 Å². The zero-order valence-corrected chi connectivity index (χ0v) is 12.0.